The Bertz CT molecular complexity index is 622. The van der Waals surface area contributed by atoms with E-state index in [2.05, 4.69) is 9.50 Å². The molecule has 6 nitrogen and oxygen atoms in total. The minimum Gasteiger partial charge on any atom is -0.444 e. The molecular weight excluding hydrogens is 325 g/mol. The smallest absolute Gasteiger partial charge is 0.407 e. The van der Waals surface area contributed by atoms with Crippen molar-refractivity contribution in [3.8, 4) is 0 Å². The largest absolute Gasteiger partial charge is 0.444 e. The summed E-state index contributed by atoms with van der Waals surface area (Å²) in [4.78, 5) is 11.3. The van der Waals surface area contributed by atoms with E-state index >= 15 is 0 Å². The zero-order valence-electron chi connectivity index (χ0n) is 13.6. The SMILES string of the molecule is Cc1ccc(S(=O)(=O)OCC(F)CNC(=O)OC(C)(C)C)cc1. The van der Waals surface area contributed by atoms with Crippen molar-refractivity contribution in [2.45, 2.75) is 44.4 Å². The summed E-state index contributed by atoms with van der Waals surface area (Å²) in [6.07, 6.45) is -2.45. The highest BCUT2D eigenvalue weighted by Gasteiger charge is 2.20. The normalized spacial score (nSPS) is 13.4. The molecule has 1 amide bonds. The molecule has 0 aliphatic heterocycles. The van der Waals surface area contributed by atoms with Crippen LogP contribution >= 0.6 is 0 Å². The molecule has 0 radical (unpaired) electrons. The number of hydrogen-bond acceptors (Lipinski definition) is 5. The third kappa shape index (κ3) is 7.43. The highest BCUT2D eigenvalue weighted by Crippen LogP contribution is 2.14. The van der Waals surface area contributed by atoms with E-state index < -0.39 is 41.1 Å². The van der Waals surface area contributed by atoms with Gasteiger partial charge in [-0.1, -0.05) is 17.7 Å². The molecule has 1 unspecified atom stereocenters. The van der Waals surface area contributed by atoms with Gasteiger partial charge in [-0.2, -0.15) is 8.42 Å². The van der Waals surface area contributed by atoms with Crippen LogP contribution in [0.5, 0.6) is 0 Å². The number of aryl methyl sites for hydroxylation is 1. The Morgan fingerprint density at radius 2 is 1.83 bits per heavy atom. The molecule has 1 aromatic rings. The molecule has 8 heteroatoms. The third-order valence-electron chi connectivity index (χ3n) is 2.58. The van der Waals surface area contributed by atoms with Gasteiger partial charge in [-0.3, -0.25) is 4.18 Å². The molecule has 1 N–H and O–H groups in total. The highest BCUT2D eigenvalue weighted by atomic mass is 32.2. The summed E-state index contributed by atoms with van der Waals surface area (Å²) in [5.41, 5.74) is 0.204. The fourth-order valence-corrected chi connectivity index (χ4v) is 2.44. The van der Waals surface area contributed by atoms with Crippen LogP contribution < -0.4 is 5.32 Å². The van der Waals surface area contributed by atoms with Crippen LogP contribution in [-0.2, 0) is 19.0 Å². The predicted octanol–water partition coefficient (Wildman–Crippen LogP) is 2.56. The Hall–Kier alpha value is -1.67. The molecule has 130 valence electrons. The summed E-state index contributed by atoms with van der Waals surface area (Å²) in [6.45, 7) is 5.76. The molecular formula is C15H22FNO5S. The molecule has 0 aliphatic carbocycles. The van der Waals surface area contributed by atoms with Gasteiger partial charge in [-0.05, 0) is 39.8 Å². The third-order valence-corrected chi connectivity index (χ3v) is 3.88. The Labute approximate surface area is 136 Å². The monoisotopic (exact) mass is 347 g/mol. The van der Waals surface area contributed by atoms with Crippen molar-refractivity contribution in [3.05, 3.63) is 29.8 Å². The van der Waals surface area contributed by atoms with Gasteiger partial charge < -0.3 is 10.1 Å². The Balaban J connectivity index is 2.45. The van der Waals surface area contributed by atoms with Gasteiger partial charge >= 0.3 is 6.09 Å². The summed E-state index contributed by atoms with van der Waals surface area (Å²) in [5.74, 6) is 0. The van der Waals surface area contributed by atoms with Crippen molar-refractivity contribution in [1.82, 2.24) is 5.32 Å². The maximum atomic E-state index is 13.6. The van der Waals surface area contributed by atoms with E-state index in [1.807, 2.05) is 6.92 Å². The molecule has 0 bridgehead atoms. The number of ether oxygens (including phenoxy) is 1. The Morgan fingerprint density at radius 3 is 2.35 bits per heavy atom. The number of nitrogens with one attached hydrogen (secondary N) is 1. The van der Waals surface area contributed by atoms with Crippen molar-refractivity contribution < 1.29 is 26.5 Å². The van der Waals surface area contributed by atoms with Crippen LogP contribution in [0.3, 0.4) is 0 Å². The van der Waals surface area contributed by atoms with Crippen molar-refractivity contribution in [3.63, 3.8) is 0 Å². The molecule has 1 aromatic carbocycles. The molecule has 23 heavy (non-hydrogen) atoms. The van der Waals surface area contributed by atoms with Crippen LogP contribution in [0.2, 0.25) is 0 Å². The van der Waals surface area contributed by atoms with Gasteiger partial charge in [0.25, 0.3) is 10.1 Å². The average Bonchev–Trinajstić information content (AvgIpc) is 2.41. The topological polar surface area (TPSA) is 81.7 Å². The van der Waals surface area contributed by atoms with Crippen LogP contribution in [0.4, 0.5) is 9.18 Å². The van der Waals surface area contributed by atoms with Crippen molar-refractivity contribution in [1.29, 1.82) is 0 Å². The number of carbonyl (C=O) groups excluding carboxylic acids is 1. The minimum atomic E-state index is -4.02. The Morgan fingerprint density at radius 1 is 1.26 bits per heavy atom. The number of hydrogen-bond donors (Lipinski definition) is 1. The lowest BCUT2D eigenvalue weighted by atomic mass is 10.2. The molecule has 0 heterocycles. The molecule has 1 rings (SSSR count). The Kier molecular flexibility index (Phi) is 6.52. The van der Waals surface area contributed by atoms with Crippen LogP contribution in [0.15, 0.2) is 29.2 Å². The summed E-state index contributed by atoms with van der Waals surface area (Å²) in [7, 11) is -4.02. The van der Waals surface area contributed by atoms with Gasteiger partial charge in [0.2, 0.25) is 0 Å². The number of alkyl carbamates (subject to hydrolysis) is 1. The van der Waals surface area contributed by atoms with Gasteiger partial charge in [0, 0.05) is 0 Å². The lowest BCUT2D eigenvalue weighted by molar-refractivity contribution is 0.0506. The van der Waals surface area contributed by atoms with E-state index in [1.54, 1.807) is 32.9 Å². The van der Waals surface area contributed by atoms with Gasteiger partial charge in [0.1, 0.15) is 11.8 Å². The maximum Gasteiger partial charge on any atom is 0.407 e. The maximum absolute atomic E-state index is 13.6. The number of rotatable bonds is 6. The van der Waals surface area contributed by atoms with E-state index in [0.29, 0.717) is 0 Å². The highest BCUT2D eigenvalue weighted by molar-refractivity contribution is 7.86. The number of alkyl halides is 1. The zero-order chi connectivity index (χ0) is 17.7. The summed E-state index contributed by atoms with van der Waals surface area (Å²) < 4.78 is 47.0. The molecule has 0 spiro atoms. The molecule has 0 fully saturated rings. The quantitative estimate of drug-likeness (QED) is 0.800. The van der Waals surface area contributed by atoms with Gasteiger partial charge in [0.15, 0.2) is 0 Å². The van der Waals surface area contributed by atoms with E-state index in [-0.39, 0.29) is 4.90 Å². The molecule has 0 saturated heterocycles. The number of carbonyl (C=O) groups is 1. The van der Waals surface area contributed by atoms with Crippen LogP contribution in [0, 0.1) is 6.92 Å². The van der Waals surface area contributed by atoms with Crippen molar-refractivity contribution in [2.24, 2.45) is 0 Å². The lowest BCUT2D eigenvalue weighted by Crippen LogP contribution is -2.37. The van der Waals surface area contributed by atoms with Crippen LogP contribution in [-0.4, -0.2) is 39.4 Å². The molecule has 1 atom stereocenters. The summed E-state index contributed by atoms with van der Waals surface area (Å²) >= 11 is 0. The van der Waals surface area contributed by atoms with Gasteiger partial charge in [-0.15, -0.1) is 0 Å². The number of benzene rings is 1. The second-order valence-corrected chi connectivity index (χ2v) is 7.65. The molecule has 0 aromatic heterocycles. The first-order chi connectivity index (χ1) is 10.5. The first kappa shape index (κ1) is 19.4. The standard InChI is InChI=1S/C15H22FNO5S/c1-11-5-7-13(8-6-11)23(19,20)21-10-12(16)9-17-14(18)22-15(2,3)4/h5-8,12H,9-10H2,1-4H3,(H,17,18). The first-order valence-electron chi connectivity index (χ1n) is 7.06. The zero-order valence-corrected chi connectivity index (χ0v) is 14.4. The number of amides is 1. The van der Waals surface area contributed by atoms with Gasteiger partial charge in [-0.25, -0.2) is 9.18 Å². The number of halogens is 1. The van der Waals surface area contributed by atoms with Crippen molar-refractivity contribution in [2.75, 3.05) is 13.2 Å². The average molecular weight is 347 g/mol. The molecule has 0 aliphatic rings. The summed E-state index contributed by atoms with van der Waals surface area (Å²) in [5, 5.41) is 2.21. The van der Waals surface area contributed by atoms with Gasteiger partial charge in [0.05, 0.1) is 18.0 Å². The van der Waals surface area contributed by atoms with E-state index in [9.17, 15) is 17.6 Å². The fraction of sp³-hybridized carbons (Fsp3) is 0.533. The minimum absolute atomic E-state index is 0.0459. The van der Waals surface area contributed by atoms with Crippen LogP contribution in [0.25, 0.3) is 0 Å². The van der Waals surface area contributed by atoms with Crippen LogP contribution in [0.1, 0.15) is 26.3 Å². The second-order valence-electron chi connectivity index (χ2n) is 6.03. The lowest BCUT2D eigenvalue weighted by Gasteiger charge is -2.20. The van der Waals surface area contributed by atoms with E-state index in [4.69, 9.17) is 4.74 Å². The predicted molar refractivity (Wildman–Crippen MR) is 83.4 cm³/mol. The fourth-order valence-electron chi connectivity index (χ4n) is 1.50. The van der Waals surface area contributed by atoms with E-state index in [1.165, 1.54) is 12.1 Å². The summed E-state index contributed by atoms with van der Waals surface area (Å²) in [6, 6.07) is 6.01. The van der Waals surface area contributed by atoms with Crippen molar-refractivity contribution >= 4 is 16.2 Å². The molecule has 0 saturated carbocycles. The second kappa shape index (κ2) is 7.74. The first-order valence-corrected chi connectivity index (χ1v) is 8.47. The van der Waals surface area contributed by atoms with E-state index in [0.717, 1.165) is 5.56 Å².